The maximum atomic E-state index is 13.5. The van der Waals surface area contributed by atoms with E-state index in [1.54, 1.807) is 22.9 Å². The smallest absolute Gasteiger partial charge is 0.274 e. The third-order valence-corrected chi connectivity index (χ3v) is 7.14. The molecule has 154 valence electrons. The summed E-state index contributed by atoms with van der Waals surface area (Å²) in [5.74, 6) is 0.150. The summed E-state index contributed by atoms with van der Waals surface area (Å²) in [5.41, 5.74) is 4.56. The third kappa shape index (κ3) is 2.36. The molecule has 2 atom stereocenters. The number of fused-ring (bicyclic) bond motifs is 2. The van der Waals surface area contributed by atoms with Crippen LogP contribution in [-0.4, -0.2) is 41.1 Å². The lowest BCUT2D eigenvalue weighted by atomic mass is 9.81. The second-order valence-electron chi connectivity index (χ2n) is 8.76. The molecule has 1 aromatic heterocycles. The Morgan fingerprint density at radius 3 is 2.77 bits per heavy atom. The zero-order valence-corrected chi connectivity index (χ0v) is 17.3. The second kappa shape index (κ2) is 5.94. The number of rotatable bonds is 2. The summed E-state index contributed by atoms with van der Waals surface area (Å²) in [6.07, 6.45) is 2.65. The van der Waals surface area contributed by atoms with E-state index in [0.29, 0.717) is 18.2 Å². The van der Waals surface area contributed by atoms with Crippen LogP contribution in [0.3, 0.4) is 0 Å². The van der Waals surface area contributed by atoms with Crippen molar-refractivity contribution in [2.24, 2.45) is 5.92 Å². The van der Waals surface area contributed by atoms with Gasteiger partial charge in [0.1, 0.15) is 5.69 Å². The van der Waals surface area contributed by atoms with Crippen LogP contribution in [0.2, 0.25) is 0 Å². The maximum Gasteiger partial charge on any atom is 0.274 e. The van der Waals surface area contributed by atoms with Crippen molar-refractivity contribution in [1.29, 1.82) is 0 Å². The number of likely N-dealkylation sites (tertiary alicyclic amines) is 1. The lowest BCUT2D eigenvalue weighted by Gasteiger charge is -2.29. The molecule has 0 bridgehead atoms. The Bertz CT molecular complexity index is 1350. The van der Waals surface area contributed by atoms with Crippen LogP contribution in [0.4, 0.5) is 5.69 Å². The largest absolute Gasteiger partial charge is 0.351 e. The lowest BCUT2D eigenvalue weighted by Crippen LogP contribution is -2.33. The predicted octanol–water partition coefficient (Wildman–Crippen LogP) is 3.64. The standard InChI is InChI=1S/C25H21N3O3/c1-14(29)27(2)17-7-8-20-15(9-17)10-21(26-20)24(31)28-13-16-12-25(16)19-6-4-3-5-18(19)22(30)11-23(25)28/h3-11,16,26H,12-13H2,1-2H3/t16-,25-/m1/s1. The van der Waals surface area contributed by atoms with Gasteiger partial charge in [-0.1, -0.05) is 24.3 Å². The van der Waals surface area contributed by atoms with Crippen molar-refractivity contribution in [3.8, 4) is 0 Å². The van der Waals surface area contributed by atoms with E-state index in [-0.39, 0.29) is 23.0 Å². The number of carbonyl (C=O) groups excluding carboxylic acids is 3. The van der Waals surface area contributed by atoms with E-state index in [2.05, 4.69) is 4.98 Å². The maximum absolute atomic E-state index is 13.5. The highest BCUT2D eigenvalue weighted by Gasteiger charge is 2.67. The Kier molecular flexibility index (Phi) is 3.47. The molecule has 1 saturated heterocycles. The zero-order valence-electron chi connectivity index (χ0n) is 17.3. The number of nitrogens with zero attached hydrogens (tertiary/aromatic N) is 2. The Morgan fingerprint density at radius 2 is 1.97 bits per heavy atom. The van der Waals surface area contributed by atoms with Crippen LogP contribution in [0.15, 0.2) is 60.3 Å². The first-order valence-electron chi connectivity index (χ1n) is 10.4. The number of piperidine rings is 1. The molecular weight excluding hydrogens is 390 g/mol. The first-order valence-corrected chi connectivity index (χ1v) is 10.4. The summed E-state index contributed by atoms with van der Waals surface area (Å²) in [6, 6.07) is 15.2. The van der Waals surface area contributed by atoms with Crippen LogP contribution >= 0.6 is 0 Å². The molecule has 2 amide bonds. The van der Waals surface area contributed by atoms with Crippen molar-refractivity contribution >= 4 is 34.2 Å². The van der Waals surface area contributed by atoms with Crippen molar-refractivity contribution in [2.75, 3.05) is 18.5 Å². The van der Waals surface area contributed by atoms with E-state index in [0.717, 1.165) is 39.8 Å². The predicted molar refractivity (Wildman–Crippen MR) is 117 cm³/mol. The summed E-state index contributed by atoms with van der Waals surface area (Å²) in [4.78, 5) is 44.4. The SMILES string of the molecule is CC(=O)N(C)c1ccc2[nH]c(C(=O)N3C[C@H]4C[C@@]45C3=CC(=O)c3ccccc35)cc2c1. The zero-order chi connectivity index (χ0) is 21.5. The first-order chi connectivity index (χ1) is 14.9. The Balaban J connectivity index is 1.37. The van der Waals surface area contributed by atoms with Gasteiger partial charge in [0.2, 0.25) is 5.91 Å². The van der Waals surface area contributed by atoms with Crippen LogP contribution in [0.1, 0.15) is 39.8 Å². The number of nitrogens with one attached hydrogen (secondary N) is 1. The van der Waals surface area contributed by atoms with Crippen molar-refractivity contribution in [2.45, 2.75) is 18.8 Å². The van der Waals surface area contributed by atoms with Gasteiger partial charge in [-0.2, -0.15) is 0 Å². The molecule has 1 N–H and O–H groups in total. The van der Waals surface area contributed by atoms with Gasteiger partial charge < -0.3 is 14.8 Å². The molecule has 2 heterocycles. The molecule has 2 aromatic carbocycles. The molecule has 0 radical (unpaired) electrons. The minimum Gasteiger partial charge on any atom is -0.351 e. The van der Waals surface area contributed by atoms with Gasteiger partial charge >= 0.3 is 0 Å². The fraction of sp³-hybridized carbons (Fsp3) is 0.240. The molecule has 6 heteroatoms. The fourth-order valence-corrected chi connectivity index (χ4v) is 5.35. The minimum atomic E-state index is -0.191. The molecule has 3 aliphatic rings. The van der Waals surface area contributed by atoms with Gasteiger partial charge in [0.05, 0.1) is 0 Å². The summed E-state index contributed by atoms with van der Waals surface area (Å²) in [5, 5.41) is 0.868. The number of anilines is 1. The van der Waals surface area contributed by atoms with Crippen molar-refractivity contribution in [1.82, 2.24) is 9.88 Å². The van der Waals surface area contributed by atoms with Crippen LogP contribution in [0.5, 0.6) is 0 Å². The summed E-state index contributed by atoms with van der Waals surface area (Å²) in [6.45, 7) is 2.14. The number of carbonyl (C=O) groups is 3. The van der Waals surface area contributed by atoms with Crippen molar-refractivity contribution < 1.29 is 14.4 Å². The van der Waals surface area contributed by atoms with Gasteiger partial charge in [-0.05, 0) is 42.2 Å². The topological polar surface area (TPSA) is 73.5 Å². The Labute approximate surface area is 179 Å². The van der Waals surface area contributed by atoms with Crippen molar-refractivity contribution in [3.63, 3.8) is 0 Å². The quantitative estimate of drug-likeness (QED) is 0.700. The van der Waals surface area contributed by atoms with Crippen LogP contribution in [0, 0.1) is 5.92 Å². The number of allylic oxidation sites excluding steroid dienone is 2. The molecule has 6 rings (SSSR count). The van der Waals surface area contributed by atoms with E-state index in [1.165, 1.54) is 6.92 Å². The lowest BCUT2D eigenvalue weighted by molar-refractivity contribution is -0.116. The average Bonchev–Trinajstić information content (AvgIpc) is 3.16. The third-order valence-electron chi connectivity index (χ3n) is 7.14. The number of aromatic nitrogens is 1. The first kappa shape index (κ1) is 18.1. The molecule has 6 nitrogen and oxygen atoms in total. The minimum absolute atomic E-state index is 0.0323. The van der Waals surface area contributed by atoms with Gasteiger partial charge in [-0.3, -0.25) is 14.4 Å². The number of ketones is 1. The van der Waals surface area contributed by atoms with E-state index < -0.39 is 0 Å². The molecule has 2 aliphatic carbocycles. The highest BCUT2D eigenvalue weighted by molar-refractivity contribution is 6.10. The normalized spacial score (nSPS) is 23.2. The van der Waals surface area contributed by atoms with Crippen molar-refractivity contribution in [3.05, 3.63) is 77.1 Å². The molecule has 31 heavy (non-hydrogen) atoms. The fourth-order valence-electron chi connectivity index (χ4n) is 5.35. The average molecular weight is 411 g/mol. The van der Waals surface area contributed by atoms with E-state index in [4.69, 9.17) is 0 Å². The summed E-state index contributed by atoms with van der Waals surface area (Å²) >= 11 is 0. The number of hydrogen-bond donors (Lipinski definition) is 1. The van der Waals surface area contributed by atoms with Crippen LogP contribution in [0.25, 0.3) is 10.9 Å². The Morgan fingerprint density at radius 1 is 1.16 bits per heavy atom. The van der Waals surface area contributed by atoms with E-state index >= 15 is 0 Å². The molecule has 0 unspecified atom stereocenters. The number of H-pyrrole nitrogens is 1. The van der Waals surface area contributed by atoms with E-state index in [1.807, 2.05) is 48.5 Å². The van der Waals surface area contributed by atoms with Gasteiger partial charge in [0.25, 0.3) is 5.91 Å². The van der Waals surface area contributed by atoms with Crippen LogP contribution < -0.4 is 4.90 Å². The number of amides is 2. The van der Waals surface area contributed by atoms with Gasteiger partial charge in [-0.25, -0.2) is 0 Å². The monoisotopic (exact) mass is 411 g/mol. The number of hydrogen-bond acceptors (Lipinski definition) is 3. The molecule has 2 fully saturated rings. The molecule has 1 saturated carbocycles. The van der Waals surface area contributed by atoms with Crippen LogP contribution in [-0.2, 0) is 10.2 Å². The number of aromatic amines is 1. The van der Waals surface area contributed by atoms with Gasteiger partial charge in [0, 0.05) is 59.9 Å². The summed E-state index contributed by atoms with van der Waals surface area (Å²) in [7, 11) is 1.72. The second-order valence-corrected chi connectivity index (χ2v) is 8.76. The molecular formula is C25H21N3O3. The Hall–Kier alpha value is -3.67. The van der Waals surface area contributed by atoms with Gasteiger partial charge in [-0.15, -0.1) is 0 Å². The summed E-state index contributed by atoms with van der Waals surface area (Å²) < 4.78 is 0. The highest BCUT2D eigenvalue weighted by Crippen LogP contribution is 2.66. The van der Waals surface area contributed by atoms with E-state index in [9.17, 15) is 14.4 Å². The van der Waals surface area contributed by atoms with Gasteiger partial charge in [0.15, 0.2) is 5.78 Å². The molecule has 1 aliphatic heterocycles. The molecule has 1 spiro atoms. The number of benzene rings is 2. The molecule has 3 aromatic rings. The highest BCUT2D eigenvalue weighted by atomic mass is 16.2.